The molecule has 1 unspecified atom stereocenters. The number of aliphatic hydroxyl groups is 1. The SMILES string of the molecule is O=C(CCC1CCCCC1)N1CCC(O)(Cn2cc(C(=O)N3CCNCC3)ncc2=O)C2(CCCC2)C1. The second kappa shape index (κ2) is 11.2. The number of likely N-dealkylation sites (tertiary alicyclic amines) is 1. The van der Waals surface area contributed by atoms with Crippen LogP contribution in [0.4, 0.5) is 0 Å². The number of aromatic nitrogens is 2. The lowest BCUT2D eigenvalue weighted by Gasteiger charge is -2.52. The highest BCUT2D eigenvalue weighted by Gasteiger charge is 2.55. The molecule has 1 spiro atoms. The third-order valence-corrected chi connectivity index (χ3v) is 9.61. The van der Waals surface area contributed by atoms with Gasteiger partial charge in [0.1, 0.15) is 5.69 Å². The summed E-state index contributed by atoms with van der Waals surface area (Å²) in [5.74, 6) is 0.705. The lowest BCUT2D eigenvalue weighted by atomic mass is 9.65. The van der Waals surface area contributed by atoms with Crippen LogP contribution in [0.5, 0.6) is 0 Å². The molecule has 1 aromatic heterocycles. The molecule has 9 nitrogen and oxygen atoms in total. The van der Waals surface area contributed by atoms with Crippen LogP contribution < -0.4 is 10.9 Å². The maximum atomic E-state index is 13.2. The molecule has 37 heavy (non-hydrogen) atoms. The molecule has 2 saturated heterocycles. The second-order valence-electron chi connectivity index (χ2n) is 11.9. The molecular formula is C28H43N5O4. The van der Waals surface area contributed by atoms with Gasteiger partial charge in [-0.05, 0) is 31.6 Å². The molecule has 2 aliphatic heterocycles. The highest BCUT2D eigenvalue weighted by Crippen LogP contribution is 2.51. The monoisotopic (exact) mass is 513 g/mol. The van der Waals surface area contributed by atoms with E-state index >= 15 is 0 Å². The zero-order chi connectivity index (χ0) is 25.9. The van der Waals surface area contributed by atoms with Crippen molar-refractivity contribution in [3.05, 3.63) is 28.4 Å². The Morgan fingerprint density at radius 2 is 1.73 bits per heavy atom. The first-order valence-electron chi connectivity index (χ1n) is 14.5. The number of hydrogen-bond acceptors (Lipinski definition) is 6. The molecule has 4 fully saturated rings. The molecule has 0 radical (unpaired) electrons. The fourth-order valence-electron chi connectivity index (χ4n) is 7.26. The largest absolute Gasteiger partial charge is 0.387 e. The predicted molar refractivity (Wildman–Crippen MR) is 140 cm³/mol. The number of piperazine rings is 1. The fraction of sp³-hybridized carbons (Fsp3) is 0.786. The molecule has 3 heterocycles. The zero-order valence-electron chi connectivity index (χ0n) is 22.1. The molecule has 2 saturated carbocycles. The van der Waals surface area contributed by atoms with E-state index in [0.717, 1.165) is 45.2 Å². The quantitative estimate of drug-likeness (QED) is 0.604. The Balaban J connectivity index is 1.29. The van der Waals surface area contributed by atoms with Crippen molar-refractivity contribution in [3.63, 3.8) is 0 Å². The smallest absolute Gasteiger partial charge is 0.274 e. The van der Waals surface area contributed by atoms with Gasteiger partial charge in [0.25, 0.3) is 11.5 Å². The summed E-state index contributed by atoms with van der Waals surface area (Å²) in [5.41, 5.74) is -1.60. The Morgan fingerprint density at radius 3 is 2.46 bits per heavy atom. The highest BCUT2D eigenvalue weighted by atomic mass is 16.3. The summed E-state index contributed by atoms with van der Waals surface area (Å²) >= 11 is 0. The molecule has 2 aliphatic carbocycles. The normalized spacial score (nSPS) is 26.5. The van der Waals surface area contributed by atoms with E-state index in [2.05, 4.69) is 10.3 Å². The number of hydrogen-bond donors (Lipinski definition) is 2. The summed E-state index contributed by atoms with van der Waals surface area (Å²) < 4.78 is 1.48. The average molecular weight is 514 g/mol. The Kier molecular flexibility index (Phi) is 8.00. The third-order valence-electron chi connectivity index (χ3n) is 9.61. The summed E-state index contributed by atoms with van der Waals surface area (Å²) in [5, 5.41) is 15.3. The fourth-order valence-corrected chi connectivity index (χ4v) is 7.26. The number of nitrogens with one attached hydrogen (secondary N) is 1. The van der Waals surface area contributed by atoms with E-state index in [1.807, 2.05) is 4.90 Å². The van der Waals surface area contributed by atoms with Crippen LogP contribution in [0.15, 0.2) is 17.2 Å². The maximum absolute atomic E-state index is 13.2. The van der Waals surface area contributed by atoms with Gasteiger partial charge in [-0.25, -0.2) is 4.98 Å². The first-order valence-corrected chi connectivity index (χ1v) is 14.5. The number of amides is 2. The van der Waals surface area contributed by atoms with Crippen molar-refractivity contribution in [2.24, 2.45) is 11.3 Å². The molecule has 0 aromatic carbocycles. The highest BCUT2D eigenvalue weighted by molar-refractivity contribution is 5.92. The lowest BCUT2D eigenvalue weighted by molar-refractivity contribution is -0.160. The summed E-state index contributed by atoms with van der Waals surface area (Å²) in [6, 6.07) is 0. The zero-order valence-corrected chi connectivity index (χ0v) is 22.1. The van der Waals surface area contributed by atoms with E-state index in [4.69, 9.17) is 0 Å². The molecule has 9 heteroatoms. The second-order valence-corrected chi connectivity index (χ2v) is 11.9. The number of carbonyl (C=O) groups excluding carboxylic acids is 2. The van der Waals surface area contributed by atoms with Crippen LogP contribution in [0.2, 0.25) is 0 Å². The van der Waals surface area contributed by atoms with Crippen molar-refractivity contribution in [2.75, 3.05) is 39.3 Å². The van der Waals surface area contributed by atoms with Crippen molar-refractivity contribution in [1.82, 2.24) is 24.7 Å². The van der Waals surface area contributed by atoms with Crippen molar-refractivity contribution in [3.8, 4) is 0 Å². The topological polar surface area (TPSA) is 108 Å². The van der Waals surface area contributed by atoms with Gasteiger partial charge < -0.3 is 24.8 Å². The third kappa shape index (κ3) is 5.62. The van der Waals surface area contributed by atoms with E-state index in [0.29, 0.717) is 44.9 Å². The summed E-state index contributed by atoms with van der Waals surface area (Å²) in [6.45, 7) is 3.88. The first-order chi connectivity index (χ1) is 17.9. The molecule has 5 rings (SSSR count). The van der Waals surface area contributed by atoms with Gasteiger partial charge in [-0.3, -0.25) is 14.4 Å². The van der Waals surface area contributed by atoms with Gasteiger partial charge in [-0.1, -0.05) is 44.9 Å². The minimum atomic E-state index is -1.11. The van der Waals surface area contributed by atoms with Crippen molar-refractivity contribution in [2.45, 2.75) is 89.2 Å². The maximum Gasteiger partial charge on any atom is 0.274 e. The van der Waals surface area contributed by atoms with Gasteiger partial charge >= 0.3 is 0 Å². The molecule has 1 atom stereocenters. The molecule has 4 aliphatic rings. The van der Waals surface area contributed by atoms with Crippen LogP contribution in [0, 0.1) is 11.3 Å². The summed E-state index contributed by atoms with van der Waals surface area (Å²) in [7, 11) is 0. The number of nitrogens with zero attached hydrogens (tertiary/aromatic N) is 4. The van der Waals surface area contributed by atoms with Crippen molar-refractivity contribution >= 4 is 11.8 Å². The van der Waals surface area contributed by atoms with E-state index in [1.54, 1.807) is 4.90 Å². The minimum Gasteiger partial charge on any atom is -0.387 e. The van der Waals surface area contributed by atoms with Crippen molar-refractivity contribution < 1.29 is 14.7 Å². The van der Waals surface area contributed by atoms with Gasteiger partial charge in [-0.2, -0.15) is 0 Å². The van der Waals surface area contributed by atoms with Gasteiger partial charge in [0, 0.05) is 57.3 Å². The molecule has 1 aromatic rings. The van der Waals surface area contributed by atoms with Crippen LogP contribution >= 0.6 is 0 Å². The molecule has 204 valence electrons. The van der Waals surface area contributed by atoms with Gasteiger partial charge in [0.05, 0.1) is 18.3 Å². The summed E-state index contributed by atoms with van der Waals surface area (Å²) in [4.78, 5) is 46.9. The Morgan fingerprint density at radius 1 is 1.00 bits per heavy atom. The number of rotatable bonds is 6. The standard InChI is InChI=1S/C28H43N5O4/c34-24(9-8-22-6-2-1-3-7-22)32-15-12-28(37,27(20-32)10-4-5-11-27)21-33-19-23(30-18-25(33)35)26(36)31-16-13-29-14-17-31/h18-19,22,29,37H,1-17,20-21H2. The van der Waals surface area contributed by atoms with E-state index in [1.165, 1.54) is 49.1 Å². The van der Waals surface area contributed by atoms with E-state index in [9.17, 15) is 19.5 Å². The Labute approximate surface area is 219 Å². The van der Waals surface area contributed by atoms with Crippen LogP contribution in [0.1, 0.15) is 87.5 Å². The Hall–Kier alpha value is -2.26. The molecule has 0 bridgehead atoms. The van der Waals surface area contributed by atoms with Crippen LogP contribution in [0.25, 0.3) is 0 Å². The van der Waals surface area contributed by atoms with Crippen LogP contribution in [-0.4, -0.2) is 81.1 Å². The number of piperidine rings is 1. The minimum absolute atomic E-state index is 0.125. The van der Waals surface area contributed by atoms with E-state index < -0.39 is 11.0 Å². The van der Waals surface area contributed by atoms with Crippen LogP contribution in [-0.2, 0) is 11.3 Å². The lowest BCUT2D eigenvalue weighted by Crippen LogP contribution is -2.62. The van der Waals surface area contributed by atoms with E-state index in [-0.39, 0.29) is 29.6 Å². The van der Waals surface area contributed by atoms with Gasteiger partial charge in [0.2, 0.25) is 5.91 Å². The van der Waals surface area contributed by atoms with Gasteiger partial charge in [-0.15, -0.1) is 0 Å². The van der Waals surface area contributed by atoms with Gasteiger partial charge in [0.15, 0.2) is 0 Å². The van der Waals surface area contributed by atoms with Crippen LogP contribution in [0.3, 0.4) is 0 Å². The van der Waals surface area contributed by atoms with Crippen molar-refractivity contribution in [1.29, 1.82) is 0 Å². The molecule has 2 N–H and O–H groups in total. The Bertz CT molecular complexity index is 1020. The predicted octanol–water partition coefficient (Wildman–Crippen LogP) is 2.17. The number of carbonyl (C=O) groups is 2. The first kappa shape index (κ1) is 26.4. The molecular weight excluding hydrogens is 470 g/mol. The summed E-state index contributed by atoms with van der Waals surface area (Å²) in [6.07, 6.45) is 14.9. The average Bonchev–Trinajstić information content (AvgIpc) is 3.41. The molecule has 2 amide bonds.